The van der Waals surface area contributed by atoms with Crippen LogP contribution in [0.2, 0.25) is 0 Å². The van der Waals surface area contributed by atoms with Crippen molar-refractivity contribution in [3.8, 4) is 0 Å². The third-order valence-corrected chi connectivity index (χ3v) is 3.74. The van der Waals surface area contributed by atoms with Crippen LogP contribution in [0.4, 0.5) is 0 Å². The van der Waals surface area contributed by atoms with Crippen molar-refractivity contribution in [2.75, 3.05) is 19.8 Å². The van der Waals surface area contributed by atoms with Crippen molar-refractivity contribution in [1.82, 2.24) is 14.5 Å². The molecule has 20 heavy (non-hydrogen) atoms. The summed E-state index contributed by atoms with van der Waals surface area (Å²) in [5.41, 5.74) is 0.230. The van der Waals surface area contributed by atoms with E-state index in [0.29, 0.717) is 18.5 Å². The van der Waals surface area contributed by atoms with Crippen molar-refractivity contribution < 1.29 is 14.6 Å². The van der Waals surface area contributed by atoms with E-state index in [1.807, 2.05) is 0 Å². The molecule has 6 heteroatoms. The lowest BCUT2D eigenvalue weighted by atomic mass is 10.0. The third-order valence-electron chi connectivity index (χ3n) is 3.74. The van der Waals surface area contributed by atoms with E-state index in [9.17, 15) is 4.79 Å². The Morgan fingerprint density at radius 1 is 1.60 bits per heavy atom. The van der Waals surface area contributed by atoms with Gasteiger partial charge in [-0.2, -0.15) is 0 Å². The molecule has 0 amide bonds. The highest BCUT2D eigenvalue weighted by atomic mass is 16.5. The standard InChI is InChI=1S/C14H23N3O3/c1-10(2)6-11-9-20-5-4-17(11)8-13-15-7-12(14(18)19)16(13)3/h7,10-11H,4-6,8-9H2,1-3H3,(H,18,19). The number of hydrogen-bond acceptors (Lipinski definition) is 4. The third kappa shape index (κ3) is 3.37. The van der Waals surface area contributed by atoms with Crippen molar-refractivity contribution in [2.45, 2.75) is 32.9 Å². The molecule has 1 atom stereocenters. The molecule has 2 rings (SSSR count). The minimum atomic E-state index is -0.938. The Balaban J connectivity index is 2.08. The predicted octanol–water partition coefficient (Wildman–Crippen LogP) is 1.37. The lowest BCUT2D eigenvalue weighted by molar-refractivity contribution is -0.0200. The second kappa shape index (κ2) is 6.37. The van der Waals surface area contributed by atoms with E-state index >= 15 is 0 Å². The summed E-state index contributed by atoms with van der Waals surface area (Å²) in [6, 6.07) is 0.383. The molecule has 0 aromatic carbocycles. The zero-order valence-electron chi connectivity index (χ0n) is 12.4. The molecule has 1 N–H and O–H groups in total. The van der Waals surface area contributed by atoms with Gasteiger partial charge in [0.1, 0.15) is 11.5 Å². The molecule has 1 aliphatic rings. The van der Waals surface area contributed by atoms with Gasteiger partial charge in [-0.1, -0.05) is 13.8 Å². The van der Waals surface area contributed by atoms with Crippen LogP contribution in [0, 0.1) is 5.92 Å². The van der Waals surface area contributed by atoms with Gasteiger partial charge in [0, 0.05) is 19.6 Å². The van der Waals surface area contributed by atoms with Crippen LogP contribution in [0.5, 0.6) is 0 Å². The second-order valence-electron chi connectivity index (χ2n) is 5.75. The van der Waals surface area contributed by atoms with Gasteiger partial charge in [0.05, 0.1) is 26.0 Å². The minimum Gasteiger partial charge on any atom is -0.477 e. The van der Waals surface area contributed by atoms with Crippen LogP contribution < -0.4 is 0 Å². The first-order valence-electron chi connectivity index (χ1n) is 7.04. The largest absolute Gasteiger partial charge is 0.477 e. The molecule has 1 saturated heterocycles. The summed E-state index contributed by atoms with van der Waals surface area (Å²) >= 11 is 0. The Morgan fingerprint density at radius 3 is 2.95 bits per heavy atom. The summed E-state index contributed by atoms with van der Waals surface area (Å²) in [5.74, 6) is 0.463. The fourth-order valence-electron chi connectivity index (χ4n) is 2.63. The monoisotopic (exact) mass is 281 g/mol. The molecule has 1 aliphatic heterocycles. The quantitative estimate of drug-likeness (QED) is 0.882. The van der Waals surface area contributed by atoms with E-state index in [4.69, 9.17) is 9.84 Å². The topological polar surface area (TPSA) is 67.6 Å². The molecule has 2 heterocycles. The lowest BCUT2D eigenvalue weighted by Gasteiger charge is -2.36. The highest BCUT2D eigenvalue weighted by Gasteiger charge is 2.25. The van der Waals surface area contributed by atoms with Gasteiger partial charge in [-0.15, -0.1) is 0 Å². The molecule has 112 valence electrons. The molecular weight excluding hydrogens is 258 g/mol. The van der Waals surface area contributed by atoms with Gasteiger partial charge in [0.25, 0.3) is 0 Å². The lowest BCUT2D eigenvalue weighted by Crippen LogP contribution is -2.45. The van der Waals surface area contributed by atoms with E-state index in [2.05, 4.69) is 23.7 Å². The molecule has 1 unspecified atom stereocenters. The molecule has 0 radical (unpaired) electrons. The zero-order chi connectivity index (χ0) is 14.7. The summed E-state index contributed by atoms with van der Waals surface area (Å²) in [6.45, 7) is 7.42. The number of carboxylic acids is 1. The highest BCUT2D eigenvalue weighted by Crippen LogP contribution is 2.18. The number of imidazole rings is 1. The Bertz CT molecular complexity index is 470. The Kier molecular flexibility index (Phi) is 4.77. The number of aromatic nitrogens is 2. The van der Waals surface area contributed by atoms with Crippen LogP contribution in [-0.2, 0) is 18.3 Å². The molecule has 1 aromatic rings. The van der Waals surface area contributed by atoms with Gasteiger partial charge in [-0.05, 0) is 12.3 Å². The molecule has 0 aliphatic carbocycles. The Morgan fingerprint density at radius 2 is 2.35 bits per heavy atom. The molecule has 1 aromatic heterocycles. The normalized spacial score (nSPS) is 20.5. The maximum absolute atomic E-state index is 11.0. The SMILES string of the molecule is CC(C)CC1COCCN1Cc1ncc(C(=O)O)n1C. The predicted molar refractivity (Wildman–Crippen MR) is 74.6 cm³/mol. The van der Waals surface area contributed by atoms with Crippen molar-refractivity contribution in [2.24, 2.45) is 13.0 Å². The second-order valence-corrected chi connectivity index (χ2v) is 5.75. The number of ether oxygens (including phenoxy) is 1. The van der Waals surface area contributed by atoms with E-state index in [-0.39, 0.29) is 5.69 Å². The van der Waals surface area contributed by atoms with Crippen LogP contribution in [-0.4, -0.2) is 51.3 Å². The number of hydrogen-bond donors (Lipinski definition) is 1. The maximum atomic E-state index is 11.0. The molecule has 0 spiro atoms. The van der Waals surface area contributed by atoms with E-state index < -0.39 is 5.97 Å². The van der Waals surface area contributed by atoms with Gasteiger partial charge < -0.3 is 14.4 Å². The van der Waals surface area contributed by atoms with Crippen LogP contribution in [0.1, 0.15) is 36.6 Å². The average Bonchev–Trinajstić information content (AvgIpc) is 2.73. The van der Waals surface area contributed by atoms with Crippen molar-refractivity contribution in [3.63, 3.8) is 0 Å². The Hall–Kier alpha value is -1.40. The molecule has 1 fully saturated rings. The molecule has 6 nitrogen and oxygen atoms in total. The number of rotatable bonds is 5. The van der Waals surface area contributed by atoms with Gasteiger partial charge >= 0.3 is 5.97 Å². The smallest absolute Gasteiger partial charge is 0.354 e. The van der Waals surface area contributed by atoms with E-state index in [0.717, 1.165) is 32.0 Å². The van der Waals surface area contributed by atoms with Crippen LogP contribution in [0.3, 0.4) is 0 Å². The number of carbonyl (C=O) groups is 1. The van der Waals surface area contributed by atoms with Gasteiger partial charge in [-0.3, -0.25) is 4.90 Å². The summed E-state index contributed by atoms with van der Waals surface area (Å²) in [5, 5.41) is 9.06. The summed E-state index contributed by atoms with van der Waals surface area (Å²) in [6.07, 6.45) is 2.51. The minimum absolute atomic E-state index is 0.230. The summed E-state index contributed by atoms with van der Waals surface area (Å²) in [4.78, 5) is 17.6. The van der Waals surface area contributed by atoms with Gasteiger partial charge in [0.15, 0.2) is 0 Å². The number of morpholine rings is 1. The Labute approximate surface area is 119 Å². The van der Waals surface area contributed by atoms with Crippen LogP contribution in [0.25, 0.3) is 0 Å². The van der Waals surface area contributed by atoms with Crippen molar-refractivity contribution >= 4 is 5.97 Å². The summed E-state index contributed by atoms with van der Waals surface area (Å²) < 4.78 is 7.22. The molecule has 0 bridgehead atoms. The number of aromatic carboxylic acids is 1. The van der Waals surface area contributed by atoms with Gasteiger partial charge in [-0.25, -0.2) is 9.78 Å². The first kappa shape index (κ1) is 15.0. The van der Waals surface area contributed by atoms with Crippen LogP contribution >= 0.6 is 0 Å². The fraction of sp³-hybridized carbons (Fsp3) is 0.714. The van der Waals surface area contributed by atoms with Crippen molar-refractivity contribution in [1.29, 1.82) is 0 Å². The molecule has 0 saturated carbocycles. The number of carboxylic acid groups (broad SMARTS) is 1. The van der Waals surface area contributed by atoms with Gasteiger partial charge in [0.2, 0.25) is 0 Å². The number of nitrogens with zero attached hydrogens (tertiary/aromatic N) is 3. The first-order valence-corrected chi connectivity index (χ1v) is 7.04. The maximum Gasteiger partial charge on any atom is 0.354 e. The van der Waals surface area contributed by atoms with E-state index in [1.165, 1.54) is 6.20 Å². The first-order chi connectivity index (χ1) is 9.49. The van der Waals surface area contributed by atoms with Crippen molar-refractivity contribution in [3.05, 3.63) is 17.7 Å². The average molecular weight is 281 g/mol. The van der Waals surface area contributed by atoms with Crippen LogP contribution in [0.15, 0.2) is 6.20 Å². The highest BCUT2D eigenvalue weighted by molar-refractivity contribution is 5.85. The fourth-order valence-corrected chi connectivity index (χ4v) is 2.63. The summed E-state index contributed by atoms with van der Waals surface area (Å²) in [7, 11) is 1.75. The zero-order valence-corrected chi connectivity index (χ0v) is 12.4. The van der Waals surface area contributed by atoms with E-state index in [1.54, 1.807) is 11.6 Å². The molecular formula is C14H23N3O3.